The van der Waals surface area contributed by atoms with Crippen LogP contribution < -0.4 is 0 Å². The first-order valence-electron chi connectivity index (χ1n) is 6.78. The van der Waals surface area contributed by atoms with Gasteiger partial charge in [0.2, 0.25) is 0 Å². The van der Waals surface area contributed by atoms with Gasteiger partial charge in [-0.2, -0.15) is 17.0 Å². The van der Waals surface area contributed by atoms with Crippen molar-refractivity contribution in [2.45, 2.75) is 50.4 Å². The molecule has 0 N–H and O–H groups in total. The maximum atomic E-state index is 12.5. The maximum absolute atomic E-state index is 12.5. The highest BCUT2D eigenvalue weighted by molar-refractivity contribution is 7.86. The van der Waals surface area contributed by atoms with E-state index in [4.69, 9.17) is 11.6 Å². The maximum Gasteiger partial charge on any atom is 0.281 e. The molecule has 0 spiro atoms. The molecule has 0 aromatic heterocycles. The van der Waals surface area contributed by atoms with Crippen LogP contribution in [0.25, 0.3) is 0 Å². The lowest BCUT2D eigenvalue weighted by Crippen LogP contribution is -2.50. The van der Waals surface area contributed by atoms with E-state index in [0.717, 1.165) is 32.1 Å². The molecular formula is C12H23ClN2O2S. The fourth-order valence-electron chi connectivity index (χ4n) is 2.85. The van der Waals surface area contributed by atoms with Crippen LogP contribution in [0.4, 0.5) is 0 Å². The lowest BCUT2D eigenvalue weighted by atomic mass is 9.85. The summed E-state index contributed by atoms with van der Waals surface area (Å²) in [6.45, 7) is 3.27. The van der Waals surface area contributed by atoms with E-state index in [1.54, 1.807) is 11.4 Å². The molecule has 1 aliphatic heterocycles. The predicted octanol–water partition coefficient (Wildman–Crippen LogP) is 2.05. The highest BCUT2D eigenvalue weighted by Gasteiger charge is 2.36. The van der Waals surface area contributed by atoms with E-state index in [9.17, 15) is 8.42 Å². The molecule has 1 aliphatic carbocycles. The van der Waals surface area contributed by atoms with Crippen molar-refractivity contribution < 1.29 is 8.42 Å². The van der Waals surface area contributed by atoms with Crippen LogP contribution in [0.15, 0.2) is 0 Å². The summed E-state index contributed by atoms with van der Waals surface area (Å²) in [4.78, 5) is 0. The minimum atomic E-state index is -3.28. The molecule has 0 bridgehead atoms. The van der Waals surface area contributed by atoms with Gasteiger partial charge in [0.1, 0.15) is 0 Å². The van der Waals surface area contributed by atoms with E-state index < -0.39 is 10.2 Å². The molecular weight excluding hydrogens is 272 g/mol. The SMILES string of the molecule is CC1CCCCN1S(=O)(=O)N(C)CC1CC(Cl)C1. The summed E-state index contributed by atoms with van der Waals surface area (Å²) in [5.41, 5.74) is 0. The van der Waals surface area contributed by atoms with Gasteiger partial charge in [-0.25, -0.2) is 0 Å². The summed E-state index contributed by atoms with van der Waals surface area (Å²) in [6, 6.07) is 0.133. The molecule has 1 saturated heterocycles. The van der Waals surface area contributed by atoms with E-state index in [-0.39, 0.29) is 11.4 Å². The number of hydrogen-bond donors (Lipinski definition) is 0. The largest absolute Gasteiger partial charge is 0.281 e. The van der Waals surface area contributed by atoms with Gasteiger partial charge in [0.05, 0.1) is 0 Å². The summed E-state index contributed by atoms with van der Waals surface area (Å²) in [7, 11) is -1.58. The first-order valence-corrected chi connectivity index (χ1v) is 8.61. The third-order valence-corrected chi connectivity index (χ3v) is 6.55. The second-order valence-corrected chi connectivity index (χ2v) is 8.28. The van der Waals surface area contributed by atoms with Crippen LogP contribution in [0.3, 0.4) is 0 Å². The van der Waals surface area contributed by atoms with Crippen LogP contribution in [0, 0.1) is 5.92 Å². The second-order valence-electron chi connectivity index (χ2n) is 5.68. The van der Waals surface area contributed by atoms with Crippen molar-refractivity contribution in [3.8, 4) is 0 Å². The fraction of sp³-hybridized carbons (Fsp3) is 1.00. The number of piperidine rings is 1. The lowest BCUT2D eigenvalue weighted by Gasteiger charge is -2.38. The Morgan fingerprint density at radius 1 is 1.33 bits per heavy atom. The molecule has 0 radical (unpaired) electrons. The Bertz CT molecular complexity index is 382. The molecule has 1 heterocycles. The molecule has 1 saturated carbocycles. The van der Waals surface area contributed by atoms with Crippen molar-refractivity contribution in [2.75, 3.05) is 20.1 Å². The summed E-state index contributed by atoms with van der Waals surface area (Å²) in [6.07, 6.45) is 4.96. The molecule has 1 unspecified atom stereocenters. The van der Waals surface area contributed by atoms with Gasteiger partial charge in [-0.3, -0.25) is 0 Å². The summed E-state index contributed by atoms with van der Waals surface area (Å²) in [5.74, 6) is 0.437. The van der Waals surface area contributed by atoms with E-state index in [1.807, 2.05) is 6.92 Å². The predicted molar refractivity (Wildman–Crippen MR) is 73.9 cm³/mol. The Balaban J connectivity index is 1.96. The molecule has 1 atom stereocenters. The molecule has 2 fully saturated rings. The monoisotopic (exact) mass is 294 g/mol. The standard InChI is InChI=1S/C12H23ClN2O2S/c1-10-5-3-4-6-15(10)18(16,17)14(2)9-11-7-12(13)8-11/h10-12H,3-9H2,1-2H3. The molecule has 2 rings (SSSR count). The Kier molecular flexibility index (Phi) is 4.57. The Morgan fingerprint density at radius 3 is 2.56 bits per heavy atom. The van der Waals surface area contributed by atoms with Gasteiger partial charge in [-0.15, -0.1) is 11.6 Å². The number of halogens is 1. The van der Waals surface area contributed by atoms with Crippen LogP contribution >= 0.6 is 11.6 Å². The minimum Gasteiger partial charge on any atom is -0.195 e. The third kappa shape index (κ3) is 3.00. The van der Waals surface area contributed by atoms with Gasteiger partial charge in [0.25, 0.3) is 10.2 Å². The molecule has 106 valence electrons. The summed E-state index contributed by atoms with van der Waals surface area (Å²) in [5, 5.41) is 0.250. The number of nitrogens with zero attached hydrogens (tertiary/aromatic N) is 2. The Labute approximate surface area is 115 Å². The average molecular weight is 295 g/mol. The van der Waals surface area contributed by atoms with E-state index in [0.29, 0.717) is 19.0 Å². The second kappa shape index (κ2) is 5.65. The van der Waals surface area contributed by atoms with Gasteiger partial charge in [-0.1, -0.05) is 6.42 Å². The molecule has 0 aromatic rings. The van der Waals surface area contributed by atoms with E-state index in [1.165, 1.54) is 4.31 Å². The van der Waals surface area contributed by atoms with Crippen molar-refractivity contribution in [1.29, 1.82) is 0 Å². The third-order valence-electron chi connectivity index (χ3n) is 4.13. The zero-order valence-corrected chi connectivity index (χ0v) is 12.8. The van der Waals surface area contributed by atoms with Gasteiger partial charge in [-0.05, 0) is 38.5 Å². The highest BCUT2D eigenvalue weighted by Crippen LogP contribution is 2.33. The summed E-state index contributed by atoms with van der Waals surface area (Å²) >= 11 is 5.93. The van der Waals surface area contributed by atoms with Crippen molar-refractivity contribution in [2.24, 2.45) is 5.92 Å². The first kappa shape index (κ1) is 14.6. The van der Waals surface area contributed by atoms with Gasteiger partial charge in [0, 0.05) is 31.6 Å². The highest BCUT2D eigenvalue weighted by atomic mass is 35.5. The van der Waals surface area contributed by atoms with Gasteiger partial charge in [0.15, 0.2) is 0 Å². The fourth-order valence-corrected chi connectivity index (χ4v) is 5.04. The molecule has 6 heteroatoms. The van der Waals surface area contributed by atoms with Crippen molar-refractivity contribution in [3.05, 3.63) is 0 Å². The topological polar surface area (TPSA) is 40.6 Å². The van der Waals surface area contributed by atoms with Gasteiger partial charge < -0.3 is 0 Å². The summed E-state index contributed by atoms with van der Waals surface area (Å²) < 4.78 is 28.1. The smallest absolute Gasteiger partial charge is 0.195 e. The number of alkyl halides is 1. The van der Waals surface area contributed by atoms with Crippen LogP contribution in [-0.2, 0) is 10.2 Å². The number of hydrogen-bond acceptors (Lipinski definition) is 2. The van der Waals surface area contributed by atoms with Crippen LogP contribution in [0.2, 0.25) is 0 Å². The quantitative estimate of drug-likeness (QED) is 0.745. The van der Waals surface area contributed by atoms with Crippen LogP contribution in [0.5, 0.6) is 0 Å². The van der Waals surface area contributed by atoms with Crippen molar-refractivity contribution in [3.63, 3.8) is 0 Å². The molecule has 2 aliphatic rings. The van der Waals surface area contributed by atoms with Crippen molar-refractivity contribution >= 4 is 21.8 Å². The zero-order chi connectivity index (χ0) is 13.3. The molecule has 0 amide bonds. The average Bonchev–Trinajstić information content (AvgIpc) is 2.27. The Hall–Kier alpha value is 0.160. The van der Waals surface area contributed by atoms with E-state index >= 15 is 0 Å². The zero-order valence-electron chi connectivity index (χ0n) is 11.2. The Morgan fingerprint density at radius 2 is 2.00 bits per heavy atom. The van der Waals surface area contributed by atoms with Crippen LogP contribution in [0.1, 0.15) is 39.0 Å². The lowest BCUT2D eigenvalue weighted by molar-refractivity contribution is 0.226. The molecule has 4 nitrogen and oxygen atoms in total. The minimum absolute atomic E-state index is 0.133. The normalized spacial score (nSPS) is 34.6. The van der Waals surface area contributed by atoms with Gasteiger partial charge >= 0.3 is 0 Å². The van der Waals surface area contributed by atoms with E-state index in [2.05, 4.69) is 0 Å². The molecule has 0 aromatic carbocycles. The van der Waals surface area contributed by atoms with Crippen molar-refractivity contribution in [1.82, 2.24) is 8.61 Å². The van der Waals surface area contributed by atoms with Crippen LogP contribution in [-0.4, -0.2) is 48.6 Å². The first-order chi connectivity index (χ1) is 8.41. The number of rotatable bonds is 4. The molecule has 18 heavy (non-hydrogen) atoms.